The fourth-order valence-electron chi connectivity index (χ4n) is 1.24. The molecule has 17 heavy (non-hydrogen) atoms. The molecule has 0 aliphatic heterocycles. The third kappa shape index (κ3) is 3.56. The molecular weight excluding hydrogens is 273 g/mol. The first-order chi connectivity index (χ1) is 7.64. The van der Waals surface area contributed by atoms with E-state index in [-0.39, 0.29) is 5.56 Å². The molecule has 1 aromatic heterocycles. The number of aliphatic hydroxyl groups is 1. The van der Waals surface area contributed by atoms with Crippen LogP contribution in [-0.2, 0) is 14.7 Å². The summed E-state index contributed by atoms with van der Waals surface area (Å²) in [6.07, 6.45) is 2.30. The molecule has 1 heterocycles. The van der Waals surface area contributed by atoms with Crippen LogP contribution in [0.25, 0.3) is 0 Å². The summed E-state index contributed by atoms with van der Waals surface area (Å²) in [5.41, 5.74) is -4.88. The van der Waals surface area contributed by atoms with Crippen molar-refractivity contribution in [2.75, 3.05) is 0 Å². The second-order valence-electron chi connectivity index (χ2n) is 3.23. The quantitative estimate of drug-likeness (QED) is 0.427. The van der Waals surface area contributed by atoms with Gasteiger partial charge in [0.15, 0.2) is 5.44 Å². The number of rotatable bonds is 4. The van der Waals surface area contributed by atoms with Gasteiger partial charge in [0.25, 0.3) is 10.1 Å². The van der Waals surface area contributed by atoms with E-state index in [0.29, 0.717) is 0 Å². The first-order valence-electron chi connectivity index (χ1n) is 4.23. The second kappa shape index (κ2) is 4.81. The molecule has 4 N–H and O–H groups in total. The summed E-state index contributed by atoms with van der Waals surface area (Å²) in [5.74, 6) is 0. The average Bonchev–Trinajstić information content (AvgIpc) is 2.15. The van der Waals surface area contributed by atoms with E-state index in [1.54, 1.807) is 0 Å². The van der Waals surface area contributed by atoms with Gasteiger partial charge in [-0.1, -0.05) is 6.07 Å². The van der Waals surface area contributed by atoms with E-state index < -0.39 is 28.8 Å². The van der Waals surface area contributed by atoms with Crippen LogP contribution in [-0.4, -0.2) is 38.3 Å². The van der Waals surface area contributed by atoms with Gasteiger partial charge >= 0.3 is 7.60 Å². The minimum atomic E-state index is -5.00. The Hall–Kier alpha value is -0.830. The van der Waals surface area contributed by atoms with Gasteiger partial charge in [0.2, 0.25) is 0 Å². The van der Waals surface area contributed by atoms with Crippen molar-refractivity contribution in [3.8, 4) is 0 Å². The molecule has 0 saturated carbocycles. The molecule has 1 rings (SSSR count). The van der Waals surface area contributed by atoms with Crippen LogP contribution in [0.2, 0.25) is 0 Å². The predicted molar refractivity (Wildman–Crippen MR) is 56.6 cm³/mol. The second-order valence-corrected chi connectivity index (χ2v) is 6.47. The van der Waals surface area contributed by atoms with E-state index in [2.05, 4.69) is 4.98 Å². The summed E-state index contributed by atoms with van der Waals surface area (Å²) in [4.78, 5) is 21.6. The van der Waals surface area contributed by atoms with Crippen molar-refractivity contribution in [3.63, 3.8) is 0 Å². The van der Waals surface area contributed by atoms with E-state index >= 15 is 0 Å². The molecule has 0 radical (unpaired) electrons. The minimum absolute atomic E-state index is 0.189. The van der Waals surface area contributed by atoms with Crippen LogP contribution in [0, 0.1) is 0 Å². The first-order valence-corrected chi connectivity index (χ1v) is 7.42. The molecule has 0 saturated heterocycles. The van der Waals surface area contributed by atoms with E-state index in [1.165, 1.54) is 18.3 Å². The van der Waals surface area contributed by atoms with Crippen LogP contribution in [0.1, 0.15) is 11.2 Å². The topological polar surface area (TPSA) is 145 Å². The normalized spacial score (nSPS) is 16.5. The summed E-state index contributed by atoms with van der Waals surface area (Å²) < 4.78 is 41.3. The summed E-state index contributed by atoms with van der Waals surface area (Å²) >= 11 is 0. The first kappa shape index (κ1) is 14.2. The maximum absolute atomic E-state index is 11.2. The highest BCUT2D eigenvalue weighted by molar-refractivity contribution is 7.86. The van der Waals surface area contributed by atoms with Gasteiger partial charge in [-0.2, -0.15) is 8.42 Å². The van der Waals surface area contributed by atoms with E-state index in [4.69, 9.17) is 14.3 Å². The molecule has 0 aliphatic rings. The lowest BCUT2D eigenvalue weighted by Crippen LogP contribution is -2.27. The number of nitrogens with zero attached hydrogens (tertiary/aromatic N) is 1. The molecule has 10 heteroatoms. The molecule has 0 amide bonds. The summed E-state index contributed by atoms with van der Waals surface area (Å²) in [5, 5.41) is 9.28. The molecule has 2 unspecified atom stereocenters. The molecule has 0 aliphatic carbocycles. The van der Waals surface area contributed by atoms with E-state index in [0.717, 1.165) is 6.20 Å². The van der Waals surface area contributed by atoms with Gasteiger partial charge in [-0.05, 0) is 11.6 Å². The van der Waals surface area contributed by atoms with Crippen molar-refractivity contribution in [3.05, 3.63) is 30.1 Å². The van der Waals surface area contributed by atoms with Crippen LogP contribution < -0.4 is 0 Å². The Bertz CT molecular complexity index is 524. The predicted octanol–water partition coefficient (Wildman–Crippen LogP) is -0.493. The number of aromatic nitrogens is 1. The average molecular weight is 283 g/mol. The van der Waals surface area contributed by atoms with Crippen LogP contribution in [0.15, 0.2) is 24.5 Å². The molecule has 0 aromatic carbocycles. The zero-order chi connectivity index (χ0) is 13.3. The van der Waals surface area contributed by atoms with E-state index in [1.807, 2.05) is 0 Å². The molecule has 0 bridgehead atoms. The fraction of sp³-hybridized carbons (Fsp3) is 0.286. The summed E-state index contributed by atoms with van der Waals surface area (Å²) in [6, 6.07) is 2.50. The maximum Gasteiger partial charge on any atom is 0.336 e. The standard InChI is InChI=1S/C7H10NO7PS/c9-7(17(13,14)15)6(16(10,11)12)5-2-1-3-8-4-5/h1-4,6-7,9H,(H2,10,11,12)(H,13,14,15). The largest absolute Gasteiger partial charge is 0.374 e. The molecular formula is C7H10NO7PS. The van der Waals surface area contributed by atoms with Crippen LogP contribution in [0.4, 0.5) is 0 Å². The minimum Gasteiger partial charge on any atom is -0.374 e. The SMILES string of the molecule is O=P(O)(O)C(c1cccnc1)C(O)S(=O)(=O)O. The van der Waals surface area contributed by atoms with Gasteiger partial charge in [0, 0.05) is 12.4 Å². The van der Waals surface area contributed by atoms with Gasteiger partial charge in [0.05, 0.1) is 0 Å². The zero-order valence-electron chi connectivity index (χ0n) is 8.28. The lowest BCUT2D eigenvalue weighted by molar-refractivity contribution is 0.211. The van der Waals surface area contributed by atoms with Crippen LogP contribution in [0.5, 0.6) is 0 Å². The van der Waals surface area contributed by atoms with Crippen LogP contribution in [0.3, 0.4) is 0 Å². The Kier molecular flexibility index (Phi) is 4.03. The Labute approximate surface area is 96.9 Å². The number of hydrogen-bond donors (Lipinski definition) is 4. The third-order valence-electron chi connectivity index (χ3n) is 1.96. The highest BCUT2D eigenvalue weighted by atomic mass is 32.2. The maximum atomic E-state index is 11.2. The van der Waals surface area contributed by atoms with Crippen LogP contribution >= 0.6 is 7.60 Å². The molecule has 96 valence electrons. The number of aliphatic hydroxyl groups excluding tert-OH is 1. The molecule has 0 spiro atoms. The molecule has 0 fully saturated rings. The fourth-order valence-corrected chi connectivity index (χ4v) is 3.53. The molecule has 2 atom stereocenters. The monoisotopic (exact) mass is 283 g/mol. The van der Waals surface area contributed by atoms with Crippen molar-refractivity contribution in [2.24, 2.45) is 0 Å². The van der Waals surface area contributed by atoms with E-state index in [9.17, 15) is 18.1 Å². The highest BCUT2D eigenvalue weighted by Gasteiger charge is 2.43. The zero-order valence-corrected chi connectivity index (χ0v) is 9.99. The Balaban J connectivity index is 3.30. The van der Waals surface area contributed by atoms with Crippen molar-refractivity contribution in [2.45, 2.75) is 11.1 Å². The van der Waals surface area contributed by atoms with Crippen molar-refractivity contribution < 1.29 is 32.4 Å². The van der Waals surface area contributed by atoms with Gasteiger partial charge in [-0.25, -0.2) is 0 Å². The Morgan fingerprint density at radius 3 is 2.29 bits per heavy atom. The van der Waals surface area contributed by atoms with Crippen molar-refractivity contribution >= 4 is 17.7 Å². The van der Waals surface area contributed by atoms with Crippen molar-refractivity contribution in [1.29, 1.82) is 0 Å². The van der Waals surface area contributed by atoms with Gasteiger partial charge < -0.3 is 14.9 Å². The Morgan fingerprint density at radius 1 is 1.35 bits per heavy atom. The van der Waals surface area contributed by atoms with Gasteiger partial charge in [-0.3, -0.25) is 14.1 Å². The Morgan fingerprint density at radius 2 is 1.94 bits per heavy atom. The molecule has 8 nitrogen and oxygen atoms in total. The lowest BCUT2D eigenvalue weighted by Gasteiger charge is -2.21. The highest BCUT2D eigenvalue weighted by Crippen LogP contribution is 2.54. The van der Waals surface area contributed by atoms with Gasteiger partial charge in [-0.15, -0.1) is 0 Å². The van der Waals surface area contributed by atoms with Gasteiger partial charge in [0.1, 0.15) is 5.66 Å². The lowest BCUT2D eigenvalue weighted by atomic mass is 10.2. The number of hydrogen-bond acceptors (Lipinski definition) is 5. The summed E-state index contributed by atoms with van der Waals surface area (Å²) in [6.45, 7) is 0. The summed E-state index contributed by atoms with van der Waals surface area (Å²) in [7, 11) is -9.98. The van der Waals surface area contributed by atoms with Crippen molar-refractivity contribution in [1.82, 2.24) is 4.98 Å². The smallest absolute Gasteiger partial charge is 0.336 e. The number of pyridine rings is 1. The molecule has 1 aromatic rings. The third-order valence-corrected chi connectivity index (χ3v) is 4.35.